The lowest BCUT2D eigenvalue weighted by Crippen LogP contribution is -2.39. The van der Waals surface area contributed by atoms with Crippen molar-refractivity contribution in [1.29, 1.82) is 5.26 Å². The number of rotatable bonds is 8. The molecule has 0 aliphatic carbocycles. The Kier molecular flexibility index (Phi) is 9.75. The van der Waals surface area contributed by atoms with Crippen molar-refractivity contribution in [1.82, 2.24) is 4.98 Å². The van der Waals surface area contributed by atoms with Gasteiger partial charge >= 0.3 is 11.9 Å². The fourth-order valence-corrected chi connectivity index (χ4v) is 3.84. The highest BCUT2D eigenvalue weighted by Gasteiger charge is 2.37. The second-order valence-corrected chi connectivity index (χ2v) is 8.06. The molecule has 0 unspecified atom stereocenters. The molecule has 13 nitrogen and oxygen atoms in total. The highest BCUT2D eigenvalue weighted by molar-refractivity contribution is 5.98. The summed E-state index contributed by atoms with van der Waals surface area (Å²) in [6.07, 6.45) is -2.80. The summed E-state index contributed by atoms with van der Waals surface area (Å²) >= 11 is 0. The molecule has 1 aromatic carbocycles. The number of nitrogens with zero attached hydrogens (tertiary/aromatic N) is 2. The number of aliphatic hydroxyl groups is 2. The number of fused-ring (bicyclic) bond motifs is 1. The number of pyridine rings is 1. The smallest absolute Gasteiger partial charge is 0.335 e. The maximum Gasteiger partial charge on any atom is 0.335 e. The lowest BCUT2D eigenvalue weighted by molar-refractivity contribution is -0.165. The van der Waals surface area contributed by atoms with Crippen LogP contribution in [-0.2, 0) is 14.4 Å². The summed E-state index contributed by atoms with van der Waals surface area (Å²) in [4.78, 5) is 36.4. The molecule has 0 bridgehead atoms. The normalized spacial score (nSPS) is 15.4. The Bertz CT molecular complexity index is 1300. The molecule has 0 saturated heterocycles. The van der Waals surface area contributed by atoms with Crippen molar-refractivity contribution in [2.75, 3.05) is 19.0 Å². The van der Waals surface area contributed by atoms with Crippen molar-refractivity contribution in [2.24, 2.45) is 5.73 Å². The van der Waals surface area contributed by atoms with Crippen LogP contribution < -0.4 is 20.5 Å². The van der Waals surface area contributed by atoms with Crippen LogP contribution in [0, 0.1) is 18.3 Å². The first-order valence-electron chi connectivity index (χ1n) is 11.2. The number of nitrogens with two attached hydrogens (primary N) is 1. The molecule has 202 valence electrons. The van der Waals surface area contributed by atoms with Gasteiger partial charge in [-0.3, -0.25) is 4.79 Å². The van der Waals surface area contributed by atoms with Gasteiger partial charge in [0.05, 0.1) is 42.5 Å². The molecule has 0 fully saturated rings. The Morgan fingerprint density at radius 2 is 1.79 bits per heavy atom. The van der Waals surface area contributed by atoms with Crippen LogP contribution in [-0.4, -0.2) is 69.2 Å². The fourth-order valence-electron chi connectivity index (χ4n) is 3.84. The van der Waals surface area contributed by atoms with Crippen molar-refractivity contribution >= 4 is 23.5 Å². The topological polar surface area (TPSA) is 225 Å². The number of carboxylic acid groups (broad SMARTS) is 2. The number of carboxylic acids is 2. The lowest BCUT2D eigenvalue weighted by atomic mass is 9.79. The number of allylic oxidation sites excluding steroid dienone is 1. The van der Waals surface area contributed by atoms with Crippen LogP contribution in [0.3, 0.4) is 0 Å². The number of hydrogen-bond acceptors (Lipinski definition) is 10. The number of aromatic nitrogens is 1. The minimum absolute atomic E-state index is 0.406. The average Bonchev–Trinajstić information content (AvgIpc) is 2.88. The molecule has 2 aromatic rings. The molecule has 38 heavy (non-hydrogen) atoms. The van der Waals surface area contributed by atoms with Gasteiger partial charge in [-0.1, -0.05) is 6.07 Å². The summed E-state index contributed by atoms with van der Waals surface area (Å²) in [5.41, 5.74) is 10.5. The van der Waals surface area contributed by atoms with Crippen LogP contribution >= 0.6 is 0 Å². The first kappa shape index (κ1) is 29.6. The molecule has 1 amide bonds. The Morgan fingerprint density at radius 1 is 1.18 bits per heavy atom. The van der Waals surface area contributed by atoms with Crippen molar-refractivity contribution < 1.29 is 44.3 Å². The number of aliphatic hydroxyl groups excluding tert-OH is 2. The minimum atomic E-state index is -2.27. The summed E-state index contributed by atoms with van der Waals surface area (Å²) in [6, 6.07) is 7.22. The van der Waals surface area contributed by atoms with E-state index in [-0.39, 0.29) is 0 Å². The van der Waals surface area contributed by atoms with Crippen molar-refractivity contribution in [2.45, 2.75) is 38.9 Å². The summed E-state index contributed by atoms with van der Waals surface area (Å²) in [6.45, 7) is 6.04. The number of aryl methyl sites for hydroxylation is 1. The molecule has 0 spiro atoms. The number of amides is 1. The van der Waals surface area contributed by atoms with Crippen LogP contribution in [0.4, 0.5) is 5.69 Å². The summed E-state index contributed by atoms with van der Waals surface area (Å²) in [7, 11) is 1.53. The van der Waals surface area contributed by atoms with E-state index in [1.807, 2.05) is 20.8 Å². The third-order valence-corrected chi connectivity index (χ3v) is 5.59. The van der Waals surface area contributed by atoms with Gasteiger partial charge in [0.1, 0.15) is 5.75 Å². The Hall–Kier alpha value is -4.67. The Morgan fingerprint density at radius 3 is 2.26 bits per heavy atom. The molecule has 1 aromatic heterocycles. The van der Waals surface area contributed by atoms with E-state index in [0.29, 0.717) is 40.6 Å². The van der Waals surface area contributed by atoms with Gasteiger partial charge in [0.25, 0.3) is 0 Å². The highest BCUT2D eigenvalue weighted by atomic mass is 16.5. The molecule has 2 heterocycles. The predicted molar refractivity (Wildman–Crippen MR) is 132 cm³/mol. The van der Waals surface area contributed by atoms with E-state index in [1.54, 1.807) is 24.4 Å². The number of carbonyl (C=O) groups is 3. The van der Waals surface area contributed by atoms with Crippen LogP contribution in [0.5, 0.6) is 11.6 Å². The molecule has 13 heteroatoms. The van der Waals surface area contributed by atoms with E-state index in [0.717, 1.165) is 16.8 Å². The van der Waals surface area contributed by atoms with Crippen molar-refractivity contribution in [3.63, 3.8) is 0 Å². The van der Waals surface area contributed by atoms with Gasteiger partial charge in [-0.05, 0) is 38.5 Å². The standard InChI is InChI=1S/C21H22N4O3.C4H6O6/c1-5-28-21-18-17(14-7-6-13(9-22)8-15(14)27-4)16(20(23)26)12(3)25-19(18)11(2)10-24-21;5-1(3(7)8)2(6)4(9)10/h6-8,10,17,25H,5H2,1-4H3,(H2,23,26);1-2,5-6H,(H,7,8)(H,9,10)/t17-;1-,2-/m11/s1. The molecular formula is C25H28N4O9. The van der Waals surface area contributed by atoms with Crippen LogP contribution in [0.1, 0.15) is 42.0 Å². The highest BCUT2D eigenvalue weighted by Crippen LogP contribution is 2.48. The van der Waals surface area contributed by atoms with E-state index in [9.17, 15) is 19.6 Å². The van der Waals surface area contributed by atoms with Crippen molar-refractivity contribution in [3.05, 3.63) is 57.9 Å². The molecule has 1 aliphatic rings. The number of benzene rings is 1. The number of nitrogens with one attached hydrogen (secondary N) is 1. The first-order valence-corrected chi connectivity index (χ1v) is 11.2. The second kappa shape index (κ2) is 12.5. The van der Waals surface area contributed by atoms with E-state index in [4.69, 9.17) is 35.6 Å². The number of primary amides is 1. The minimum Gasteiger partial charge on any atom is -0.496 e. The summed E-state index contributed by atoms with van der Waals surface area (Å²) in [5, 5.41) is 45.0. The predicted octanol–water partition coefficient (Wildman–Crippen LogP) is 0.863. The third kappa shape index (κ3) is 6.17. The zero-order valence-corrected chi connectivity index (χ0v) is 21.1. The molecule has 0 saturated carbocycles. The number of aliphatic carboxylic acids is 2. The van der Waals surface area contributed by atoms with Crippen molar-refractivity contribution in [3.8, 4) is 17.7 Å². The Labute approximate surface area is 217 Å². The van der Waals surface area contributed by atoms with Crippen LogP contribution in [0.2, 0.25) is 0 Å². The number of ether oxygens (including phenoxy) is 2. The Balaban J connectivity index is 0.000000432. The van der Waals surface area contributed by atoms with E-state index < -0.39 is 36.0 Å². The molecule has 7 N–H and O–H groups in total. The zero-order valence-electron chi connectivity index (χ0n) is 21.1. The van der Waals surface area contributed by atoms with Gasteiger partial charge in [-0.25, -0.2) is 14.6 Å². The maximum absolute atomic E-state index is 12.4. The second-order valence-electron chi connectivity index (χ2n) is 8.06. The van der Waals surface area contributed by atoms with Crippen LogP contribution in [0.25, 0.3) is 0 Å². The number of hydrogen-bond donors (Lipinski definition) is 6. The third-order valence-electron chi connectivity index (χ3n) is 5.59. The van der Waals surface area contributed by atoms with Gasteiger partial charge in [-0.15, -0.1) is 0 Å². The summed E-state index contributed by atoms with van der Waals surface area (Å²) < 4.78 is 11.3. The summed E-state index contributed by atoms with van der Waals surface area (Å²) in [5.74, 6) is -3.70. The van der Waals surface area contributed by atoms with E-state index >= 15 is 0 Å². The van der Waals surface area contributed by atoms with Gasteiger partial charge in [0.15, 0.2) is 12.2 Å². The van der Waals surface area contributed by atoms with Gasteiger partial charge < -0.3 is 41.0 Å². The maximum atomic E-state index is 12.4. The number of nitriles is 1. The molecule has 3 rings (SSSR count). The quantitative estimate of drug-likeness (QED) is 0.280. The average molecular weight is 529 g/mol. The molecular weight excluding hydrogens is 500 g/mol. The first-order chi connectivity index (χ1) is 17.9. The largest absolute Gasteiger partial charge is 0.496 e. The fraction of sp³-hybridized carbons (Fsp3) is 0.320. The lowest BCUT2D eigenvalue weighted by Gasteiger charge is -2.32. The van der Waals surface area contributed by atoms with Crippen LogP contribution in [0.15, 0.2) is 35.7 Å². The number of anilines is 1. The van der Waals surface area contributed by atoms with Gasteiger partial charge in [0, 0.05) is 23.0 Å². The molecule has 0 radical (unpaired) electrons. The van der Waals surface area contributed by atoms with Gasteiger partial charge in [-0.2, -0.15) is 5.26 Å². The molecule has 3 atom stereocenters. The van der Waals surface area contributed by atoms with Gasteiger partial charge in [0.2, 0.25) is 11.8 Å². The SMILES string of the molecule is CCOc1ncc(C)c2c1[C@H](c1ccc(C#N)cc1OC)C(C(N)=O)=C(C)N2.O=C(O)[C@H](O)[C@@H](O)C(=O)O. The van der Waals surface area contributed by atoms with E-state index in [1.165, 1.54) is 7.11 Å². The number of carbonyl (C=O) groups excluding carboxylic acids is 1. The van der Waals surface area contributed by atoms with E-state index in [2.05, 4.69) is 16.4 Å². The number of methoxy groups -OCH3 is 1. The molecule has 1 aliphatic heterocycles. The zero-order chi connectivity index (χ0) is 28.7. The monoisotopic (exact) mass is 528 g/mol.